The van der Waals surface area contributed by atoms with Gasteiger partial charge in [-0.15, -0.1) is 0 Å². The molecular formula is C42H57N6O19P. The molecule has 6 fully saturated rings. The van der Waals surface area contributed by atoms with Gasteiger partial charge in [0.15, 0.2) is 36.0 Å². The van der Waals surface area contributed by atoms with Gasteiger partial charge in [0, 0.05) is 33.8 Å². The molecule has 0 unspecified atom stereocenters. The average Bonchev–Trinajstić information content (AvgIpc) is 4.06. The minimum Gasteiger partial charge on any atom is -0.346 e. The number of aromatic amines is 3. The Morgan fingerprint density at radius 1 is 0.441 bits per heavy atom. The maximum absolute atomic E-state index is 15.2. The van der Waals surface area contributed by atoms with Gasteiger partial charge in [0.05, 0.1) is 19.8 Å². The van der Waals surface area contributed by atoms with Crippen molar-refractivity contribution in [1.29, 1.82) is 0 Å². The highest BCUT2D eigenvalue weighted by Crippen LogP contribution is 2.54. The fourth-order valence-corrected chi connectivity index (χ4v) is 11.0. The molecule has 6 aliphatic rings. The molecule has 0 aliphatic carbocycles. The maximum Gasteiger partial charge on any atom is 0.475 e. The van der Waals surface area contributed by atoms with E-state index in [9.17, 15) is 28.8 Å². The molecule has 25 nitrogen and oxygen atoms in total. The highest BCUT2D eigenvalue weighted by Gasteiger charge is 2.60. The quantitative estimate of drug-likeness (QED) is 0.212. The highest BCUT2D eigenvalue weighted by atomic mass is 31.2. The lowest BCUT2D eigenvalue weighted by molar-refractivity contribution is -0.203. The van der Waals surface area contributed by atoms with Crippen LogP contribution in [-0.2, 0) is 60.8 Å². The molecule has 3 N–H and O–H groups in total. The number of hydrogen-bond acceptors (Lipinski definition) is 19. The molecular weight excluding hydrogens is 923 g/mol. The topological polar surface area (TPSA) is 292 Å². The van der Waals surface area contributed by atoms with E-state index in [1.165, 1.54) is 13.7 Å². The van der Waals surface area contributed by atoms with Gasteiger partial charge in [0.2, 0.25) is 0 Å². The Bertz CT molecular complexity index is 2630. The molecule has 3 aromatic heterocycles. The molecule has 9 heterocycles. The summed E-state index contributed by atoms with van der Waals surface area (Å²) in [6, 6.07) is 0. The second kappa shape index (κ2) is 17.0. The SMILES string of the molecule is Cc1c(C)n([C@@H]2O[C@H](COP(=O)(OC[C@H]3O[C@@H](n4c(C)c(C)c(=O)[nH]c4=O)[C@@H]4OC(C)(C)O[C@@H]43)OC[C@H]3O[C@@H](n4c(C)c(C)c(=O)[nH]c4=O)[C@@H]4OC(C)(C)O[C@@H]43)[C@H]3OC(C)(C)O[C@H]32)c(=O)[nH]c1=O. The van der Waals surface area contributed by atoms with Crippen LogP contribution in [0.3, 0.4) is 0 Å². The molecule has 26 heteroatoms. The largest absolute Gasteiger partial charge is 0.475 e. The Labute approximate surface area is 386 Å². The van der Waals surface area contributed by atoms with Crippen LogP contribution in [-0.4, -0.2) is 121 Å². The average molecular weight is 981 g/mol. The van der Waals surface area contributed by atoms with E-state index in [2.05, 4.69) is 15.0 Å². The molecule has 9 rings (SSSR count). The van der Waals surface area contributed by atoms with E-state index >= 15 is 4.57 Å². The van der Waals surface area contributed by atoms with E-state index in [4.69, 9.17) is 56.2 Å². The first-order valence-electron chi connectivity index (χ1n) is 22.2. The minimum absolute atomic E-state index is 0.276. The van der Waals surface area contributed by atoms with Crippen molar-refractivity contribution in [3.05, 3.63) is 96.3 Å². The van der Waals surface area contributed by atoms with Crippen LogP contribution < -0.4 is 33.7 Å². The summed E-state index contributed by atoms with van der Waals surface area (Å²) in [4.78, 5) is 84.2. The number of ether oxygens (including phenoxy) is 9. The van der Waals surface area contributed by atoms with Crippen LogP contribution in [0.2, 0.25) is 0 Å². The Hall–Kier alpha value is -4.21. The summed E-state index contributed by atoms with van der Waals surface area (Å²) in [5.74, 6) is -3.49. The summed E-state index contributed by atoms with van der Waals surface area (Å²) >= 11 is 0. The van der Waals surface area contributed by atoms with E-state index in [1.54, 1.807) is 83.1 Å². The maximum atomic E-state index is 15.2. The van der Waals surface area contributed by atoms with Gasteiger partial charge in [0.1, 0.15) is 54.9 Å². The van der Waals surface area contributed by atoms with E-state index in [0.29, 0.717) is 17.1 Å². The van der Waals surface area contributed by atoms with Crippen molar-refractivity contribution in [3.8, 4) is 0 Å². The third kappa shape index (κ3) is 8.51. The molecule has 0 saturated carbocycles. The Balaban J connectivity index is 1.02. The number of hydrogen-bond donors (Lipinski definition) is 3. The number of nitrogens with zero attached hydrogens (tertiary/aromatic N) is 3. The summed E-state index contributed by atoms with van der Waals surface area (Å²) < 4.78 is 93.9. The molecule has 3 aromatic rings. The molecule has 6 aliphatic heterocycles. The molecule has 0 aromatic carbocycles. The van der Waals surface area contributed by atoms with Crippen LogP contribution in [0.25, 0.3) is 0 Å². The third-order valence-corrected chi connectivity index (χ3v) is 14.8. The monoisotopic (exact) mass is 980 g/mol. The van der Waals surface area contributed by atoms with Crippen LogP contribution >= 0.6 is 7.82 Å². The number of H-pyrrole nitrogens is 3. The first-order valence-corrected chi connectivity index (χ1v) is 23.7. The molecule has 0 bridgehead atoms. The first-order chi connectivity index (χ1) is 31.7. The smallest absolute Gasteiger partial charge is 0.346 e. The normalized spacial score (nSPS) is 33.3. The van der Waals surface area contributed by atoms with Gasteiger partial charge in [-0.2, -0.15) is 0 Å². The standard InChI is InChI=1S/C42H57N6O19P/c1-16-19(4)46(37(52)43-31(16)49)34-28-25(62-40(7,8)65-28)22(59-34)13-56-68(55,57-14-23-26-29(66-41(9,10)63-26)35(60-23)47-20(5)17(2)32(50)44-38(47)53)58-15-24-27-30(67-42(11,12)64-27)36(61-24)48-21(6)18(3)33(51)45-39(48)54/h22-30,34-36H,13-15H2,1-12H3,(H,43,49,52)(H,44,50,53)(H,45,51,54)/t22-,23-,24-,25-,26-,27-,28-,29-,30-,34-,35-,36-/m1/s1. The van der Waals surface area contributed by atoms with E-state index in [-0.39, 0.29) is 16.7 Å². The van der Waals surface area contributed by atoms with E-state index in [0.717, 1.165) is 0 Å². The predicted molar refractivity (Wildman–Crippen MR) is 231 cm³/mol. The number of phosphoric acid groups is 1. The van der Waals surface area contributed by atoms with Gasteiger partial charge in [-0.1, -0.05) is 0 Å². The second-order valence-electron chi connectivity index (χ2n) is 19.2. The molecule has 0 amide bonds. The molecule has 12 atom stereocenters. The zero-order valence-electron chi connectivity index (χ0n) is 39.6. The first kappa shape index (κ1) is 48.8. The predicted octanol–water partition coefficient (Wildman–Crippen LogP) is 0.898. The van der Waals surface area contributed by atoms with Gasteiger partial charge in [-0.3, -0.25) is 56.6 Å². The molecule has 68 heavy (non-hydrogen) atoms. The summed E-state index contributed by atoms with van der Waals surface area (Å²) in [5, 5.41) is 0. The fraction of sp³-hybridized carbons (Fsp3) is 0.714. The number of nitrogens with one attached hydrogen (secondary N) is 3. The summed E-state index contributed by atoms with van der Waals surface area (Å²) in [6.07, 6.45) is -12.0. The number of phosphoric ester groups is 1. The zero-order chi connectivity index (χ0) is 49.3. The van der Waals surface area contributed by atoms with Crippen molar-refractivity contribution < 1.29 is 60.8 Å². The zero-order valence-corrected chi connectivity index (χ0v) is 40.5. The van der Waals surface area contributed by atoms with Crippen molar-refractivity contribution in [2.24, 2.45) is 0 Å². The van der Waals surface area contributed by atoms with Gasteiger partial charge >= 0.3 is 24.9 Å². The number of fused-ring (bicyclic) bond motifs is 3. The summed E-state index contributed by atoms with van der Waals surface area (Å²) in [5.41, 5.74) is -2.14. The van der Waals surface area contributed by atoms with Gasteiger partial charge in [-0.05, 0) is 83.1 Å². The Kier molecular flexibility index (Phi) is 12.2. The Morgan fingerprint density at radius 3 is 0.926 bits per heavy atom. The van der Waals surface area contributed by atoms with Gasteiger partial charge < -0.3 is 42.6 Å². The minimum atomic E-state index is -4.84. The highest BCUT2D eigenvalue weighted by molar-refractivity contribution is 7.48. The fourth-order valence-electron chi connectivity index (χ4n) is 9.77. The van der Waals surface area contributed by atoms with Crippen LogP contribution in [0, 0.1) is 41.5 Å². The van der Waals surface area contributed by atoms with Crippen molar-refractivity contribution in [1.82, 2.24) is 28.7 Å². The number of aromatic nitrogens is 6. The van der Waals surface area contributed by atoms with Crippen LogP contribution in [0.5, 0.6) is 0 Å². The number of rotatable bonds is 12. The Morgan fingerprint density at radius 2 is 0.676 bits per heavy atom. The molecule has 374 valence electrons. The van der Waals surface area contributed by atoms with Crippen molar-refractivity contribution in [3.63, 3.8) is 0 Å². The van der Waals surface area contributed by atoms with E-state index < -0.39 is 152 Å². The molecule has 0 radical (unpaired) electrons. The van der Waals surface area contributed by atoms with Crippen molar-refractivity contribution in [2.45, 2.75) is 174 Å². The third-order valence-electron chi connectivity index (χ3n) is 13.4. The van der Waals surface area contributed by atoms with Crippen LogP contribution in [0.1, 0.15) is 94.0 Å². The lowest BCUT2D eigenvalue weighted by Gasteiger charge is -2.28. The molecule has 6 saturated heterocycles. The van der Waals surface area contributed by atoms with Crippen molar-refractivity contribution >= 4 is 7.82 Å². The summed E-state index contributed by atoms with van der Waals surface area (Å²) in [7, 11) is -4.84. The van der Waals surface area contributed by atoms with Gasteiger partial charge in [-0.25, -0.2) is 18.9 Å². The lowest BCUT2D eigenvalue weighted by atomic mass is 10.1. The van der Waals surface area contributed by atoms with E-state index in [1.807, 2.05) is 0 Å². The van der Waals surface area contributed by atoms with Crippen molar-refractivity contribution in [2.75, 3.05) is 19.8 Å². The van der Waals surface area contributed by atoms with Gasteiger partial charge in [0.25, 0.3) is 16.7 Å². The van der Waals surface area contributed by atoms with Crippen LogP contribution in [0.15, 0.2) is 28.8 Å². The second-order valence-corrected chi connectivity index (χ2v) is 20.9. The lowest BCUT2D eigenvalue weighted by Crippen LogP contribution is -2.40. The van der Waals surface area contributed by atoms with Crippen LogP contribution in [0.4, 0.5) is 0 Å². The summed E-state index contributed by atoms with van der Waals surface area (Å²) in [6.45, 7) is 17.9. The molecule has 0 spiro atoms.